The zero-order valence-corrected chi connectivity index (χ0v) is 15.0. The summed E-state index contributed by atoms with van der Waals surface area (Å²) in [5.74, 6) is 0.477. The standard InChI is InChI=1S/C21H18N2O2S/c1-25-17-12-9-15(10-13-17)11-14-20(24)23-21(26)22-19-8-4-6-16-5-2-3-7-18(16)19/h2-14H,1H3,(H2,22,23,24,26). The van der Waals surface area contributed by atoms with E-state index >= 15 is 0 Å². The highest BCUT2D eigenvalue weighted by Gasteiger charge is 2.04. The molecule has 3 aromatic rings. The van der Waals surface area contributed by atoms with Crippen LogP contribution in [0.1, 0.15) is 5.56 Å². The number of benzene rings is 3. The van der Waals surface area contributed by atoms with Crippen molar-refractivity contribution in [3.05, 3.63) is 78.4 Å². The second kappa shape index (κ2) is 8.27. The van der Waals surface area contributed by atoms with Gasteiger partial charge in [-0.25, -0.2) is 0 Å². The maximum absolute atomic E-state index is 12.1. The van der Waals surface area contributed by atoms with Crippen LogP contribution >= 0.6 is 12.2 Å². The van der Waals surface area contributed by atoms with E-state index in [4.69, 9.17) is 17.0 Å². The van der Waals surface area contributed by atoms with E-state index in [0.717, 1.165) is 27.8 Å². The molecule has 0 radical (unpaired) electrons. The van der Waals surface area contributed by atoms with Gasteiger partial charge in [-0.05, 0) is 47.4 Å². The van der Waals surface area contributed by atoms with E-state index < -0.39 is 0 Å². The Kier molecular flexibility index (Phi) is 5.61. The van der Waals surface area contributed by atoms with Gasteiger partial charge in [0.05, 0.1) is 7.11 Å². The molecule has 0 aromatic heterocycles. The number of thiocarbonyl (C=S) groups is 1. The lowest BCUT2D eigenvalue weighted by Crippen LogP contribution is -2.32. The van der Waals surface area contributed by atoms with Crippen LogP contribution in [0.5, 0.6) is 5.75 Å². The maximum Gasteiger partial charge on any atom is 0.250 e. The highest BCUT2D eigenvalue weighted by Crippen LogP contribution is 2.22. The Bertz CT molecular complexity index is 960. The fourth-order valence-electron chi connectivity index (χ4n) is 2.53. The summed E-state index contributed by atoms with van der Waals surface area (Å²) in [5.41, 5.74) is 1.75. The van der Waals surface area contributed by atoms with Crippen LogP contribution in [0.4, 0.5) is 5.69 Å². The molecule has 0 aliphatic rings. The molecule has 0 saturated carbocycles. The van der Waals surface area contributed by atoms with Gasteiger partial charge in [-0.15, -0.1) is 0 Å². The second-order valence-corrected chi connectivity index (χ2v) is 5.98. The molecule has 1 amide bonds. The van der Waals surface area contributed by atoms with Gasteiger partial charge in [0.2, 0.25) is 5.91 Å². The van der Waals surface area contributed by atoms with Gasteiger partial charge in [-0.3, -0.25) is 10.1 Å². The van der Waals surface area contributed by atoms with E-state index in [-0.39, 0.29) is 11.0 Å². The monoisotopic (exact) mass is 362 g/mol. The van der Waals surface area contributed by atoms with Crippen molar-refractivity contribution in [2.24, 2.45) is 0 Å². The number of amides is 1. The average Bonchev–Trinajstić information content (AvgIpc) is 2.67. The van der Waals surface area contributed by atoms with Crippen molar-refractivity contribution in [1.82, 2.24) is 5.32 Å². The normalized spacial score (nSPS) is 10.7. The molecule has 130 valence electrons. The number of carbonyl (C=O) groups excluding carboxylic acids is 1. The number of nitrogens with one attached hydrogen (secondary N) is 2. The number of hydrogen-bond acceptors (Lipinski definition) is 3. The topological polar surface area (TPSA) is 50.4 Å². The Labute approximate surface area is 157 Å². The minimum atomic E-state index is -0.293. The van der Waals surface area contributed by atoms with Crippen molar-refractivity contribution in [1.29, 1.82) is 0 Å². The molecule has 3 aromatic carbocycles. The summed E-state index contributed by atoms with van der Waals surface area (Å²) in [6, 6.07) is 21.3. The van der Waals surface area contributed by atoms with E-state index in [0.29, 0.717) is 0 Å². The average molecular weight is 362 g/mol. The van der Waals surface area contributed by atoms with Gasteiger partial charge in [-0.2, -0.15) is 0 Å². The van der Waals surface area contributed by atoms with Gasteiger partial charge in [0.25, 0.3) is 0 Å². The van der Waals surface area contributed by atoms with Crippen molar-refractivity contribution in [3.8, 4) is 5.75 Å². The third-order valence-corrected chi connectivity index (χ3v) is 4.02. The summed E-state index contributed by atoms with van der Waals surface area (Å²) in [4.78, 5) is 12.1. The molecule has 0 bridgehead atoms. The lowest BCUT2D eigenvalue weighted by atomic mass is 10.1. The summed E-state index contributed by atoms with van der Waals surface area (Å²) in [5, 5.41) is 8.13. The molecular formula is C21H18N2O2S. The van der Waals surface area contributed by atoms with E-state index in [1.807, 2.05) is 66.7 Å². The van der Waals surface area contributed by atoms with Gasteiger partial charge in [0.15, 0.2) is 5.11 Å². The molecule has 5 heteroatoms. The first kappa shape index (κ1) is 17.6. The summed E-state index contributed by atoms with van der Waals surface area (Å²) < 4.78 is 5.11. The van der Waals surface area contributed by atoms with Crippen molar-refractivity contribution < 1.29 is 9.53 Å². The first-order valence-corrected chi connectivity index (χ1v) is 8.48. The minimum Gasteiger partial charge on any atom is -0.497 e. The van der Waals surface area contributed by atoms with Crippen LogP contribution in [0.3, 0.4) is 0 Å². The smallest absolute Gasteiger partial charge is 0.250 e. The van der Waals surface area contributed by atoms with Crippen molar-refractivity contribution in [3.63, 3.8) is 0 Å². The molecule has 0 saturated heterocycles. The van der Waals surface area contributed by atoms with Crippen LogP contribution in [-0.2, 0) is 4.79 Å². The SMILES string of the molecule is COc1ccc(C=CC(=O)NC(=S)Nc2cccc3ccccc23)cc1. The fraction of sp³-hybridized carbons (Fsp3) is 0.0476. The summed E-state index contributed by atoms with van der Waals surface area (Å²) in [7, 11) is 1.61. The molecule has 0 heterocycles. The van der Waals surface area contributed by atoms with Crippen molar-refractivity contribution in [2.75, 3.05) is 12.4 Å². The van der Waals surface area contributed by atoms with Gasteiger partial charge < -0.3 is 10.1 Å². The van der Waals surface area contributed by atoms with Crippen LogP contribution in [0.25, 0.3) is 16.8 Å². The van der Waals surface area contributed by atoms with Crippen LogP contribution < -0.4 is 15.4 Å². The first-order valence-electron chi connectivity index (χ1n) is 8.07. The number of fused-ring (bicyclic) bond motifs is 1. The number of rotatable bonds is 4. The number of hydrogen-bond donors (Lipinski definition) is 2. The molecule has 0 unspecified atom stereocenters. The number of methoxy groups -OCH3 is 1. The lowest BCUT2D eigenvalue weighted by molar-refractivity contribution is -0.115. The van der Waals surface area contributed by atoms with Crippen molar-refractivity contribution >= 4 is 45.8 Å². The predicted molar refractivity (Wildman–Crippen MR) is 110 cm³/mol. The summed E-state index contributed by atoms with van der Waals surface area (Å²) >= 11 is 5.25. The van der Waals surface area contributed by atoms with Crippen LogP contribution in [0.15, 0.2) is 72.8 Å². The maximum atomic E-state index is 12.1. The van der Waals surface area contributed by atoms with Gasteiger partial charge in [0.1, 0.15) is 5.75 Å². The molecule has 0 aliphatic heterocycles. The highest BCUT2D eigenvalue weighted by molar-refractivity contribution is 7.80. The number of carbonyl (C=O) groups is 1. The van der Waals surface area contributed by atoms with E-state index in [1.165, 1.54) is 6.08 Å². The Morgan fingerprint density at radius 1 is 1.00 bits per heavy atom. The van der Waals surface area contributed by atoms with Gasteiger partial charge >= 0.3 is 0 Å². The highest BCUT2D eigenvalue weighted by atomic mass is 32.1. The van der Waals surface area contributed by atoms with Crippen LogP contribution in [0.2, 0.25) is 0 Å². The van der Waals surface area contributed by atoms with Gasteiger partial charge in [0, 0.05) is 17.1 Å². The first-order chi connectivity index (χ1) is 12.7. The molecular weight excluding hydrogens is 344 g/mol. The Balaban J connectivity index is 1.61. The Morgan fingerprint density at radius 2 is 1.73 bits per heavy atom. The van der Waals surface area contributed by atoms with E-state index in [1.54, 1.807) is 13.2 Å². The van der Waals surface area contributed by atoms with Crippen LogP contribution in [-0.4, -0.2) is 18.1 Å². The van der Waals surface area contributed by atoms with Gasteiger partial charge in [-0.1, -0.05) is 48.5 Å². The Morgan fingerprint density at radius 3 is 2.50 bits per heavy atom. The quantitative estimate of drug-likeness (QED) is 0.534. The third-order valence-electron chi connectivity index (χ3n) is 3.82. The number of ether oxygens (including phenoxy) is 1. The minimum absolute atomic E-state index is 0.255. The molecule has 0 spiro atoms. The number of anilines is 1. The third kappa shape index (κ3) is 4.46. The largest absolute Gasteiger partial charge is 0.497 e. The molecule has 26 heavy (non-hydrogen) atoms. The molecule has 0 fully saturated rings. The zero-order valence-electron chi connectivity index (χ0n) is 14.2. The molecule has 4 nitrogen and oxygen atoms in total. The van der Waals surface area contributed by atoms with E-state index in [2.05, 4.69) is 10.6 Å². The summed E-state index contributed by atoms with van der Waals surface area (Å²) in [6.45, 7) is 0. The zero-order chi connectivity index (χ0) is 18.4. The van der Waals surface area contributed by atoms with E-state index in [9.17, 15) is 4.79 Å². The van der Waals surface area contributed by atoms with Crippen molar-refractivity contribution in [2.45, 2.75) is 0 Å². The lowest BCUT2D eigenvalue weighted by Gasteiger charge is -2.10. The molecule has 0 atom stereocenters. The Hall–Kier alpha value is -3.18. The fourth-order valence-corrected chi connectivity index (χ4v) is 2.74. The summed E-state index contributed by atoms with van der Waals surface area (Å²) in [6.07, 6.45) is 3.16. The predicted octanol–water partition coefficient (Wildman–Crippen LogP) is 4.37. The van der Waals surface area contributed by atoms with Crippen LogP contribution in [0, 0.1) is 0 Å². The molecule has 3 rings (SSSR count). The molecule has 0 aliphatic carbocycles. The second-order valence-electron chi connectivity index (χ2n) is 5.58. The molecule has 2 N–H and O–H groups in total.